The molecule has 6 heteroatoms. The largest absolute Gasteiger partial charge is 0.480 e. The van der Waals surface area contributed by atoms with Gasteiger partial charge in [0.05, 0.1) is 4.90 Å². The van der Waals surface area contributed by atoms with Gasteiger partial charge in [-0.2, -0.15) is 4.72 Å². The van der Waals surface area contributed by atoms with Crippen LogP contribution < -0.4 is 4.72 Å². The summed E-state index contributed by atoms with van der Waals surface area (Å²) in [5.41, 5.74) is 0. The predicted octanol–water partition coefficient (Wildman–Crippen LogP) is 0.994. The zero-order valence-electron chi connectivity index (χ0n) is 9.04. The first kappa shape index (κ1) is 13.4. The van der Waals surface area contributed by atoms with Crippen LogP contribution in [0.3, 0.4) is 0 Å². The summed E-state index contributed by atoms with van der Waals surface area (Å²) >= 11 is 0. The van der Waals surface area contributed by atoms with E-state index in [0.29, 0.717) is 0 Å². The molecule has 17 heavy (non-hydrogen) atoms. The van der Waals surface area contributed by atoms with E-state index in [0.717, 1.165) is 0 Å². The second-order valence-corrected chi connectivity index (χ2v) is 5.06. The number of rotatable bonds is 6. The third-order valence-corrected chi connectivity index (χ3v) is 3.54. The van der Waals surface area contributed by atoms with Crippen LogP contribution in [0, 0.1) is 0 Å². The third kappa shape index (κ3) is 3.69. The molecule has 1 atom stereocenters. The molecular formula is C11H13NO4S. The van der Waals surface area contributed by atoms with Gasteiger partial charge < -0.3 is 5.11 Å². The Morgan fingerprint density at radius 2 is 2.00 bits per heavy atom. The summed E-state index contributed by atoms with van der Waals surface area (Å²) in [6.07, 6.45) is 1.38. The molecule has 0 aliphatic carbocycles. The van der Waals surface area contributed by atoms with E-state index in [1.165, 1.54) is 18.2 Å². The molecular weight excluding hydrogens is 242 g/mol. The lowest BCUT2D eigenvalue weighted by Gasteiger charge is -2.12. The van der Waals surface area contributed by atoms with Gasteiger partial charge in [0.2, 0.25) is 10.0 Å². The van der Waals surface area contributed by atoms with Crippen LogP contribution in [-0.4, -0.2) is 25.5 Å². The Hall–Kier alpha value is -1.66. The fraction of sp³-hybridized carbons (Fsp3) is 0.182. The van der Waals surface area contributed by atoms with E-state index in [4.69, 9.17) is 5.11 Å². The Balaban J connectivity index is 2.93. The highest BCUT2D eigenvalue weighted by molar-refractivity contribution is 7.89. The van der Waals surface area contributed by atoms with Crippen molar-refractivity contribution in [3.63, 3.8) is 0 Å². The maximum Gasteiger partial charge on any atom is 0.322 e. The van der Waals surface area contributed by atoms with Gasteiger partial charge in [0.1, 0.15) is 6.04 Å². The summed E-state index contributed by atoms with van der Waals surface area (Å²) in [6, 6.07) is 6.41. The molecule has 0 fully saturated rings. The lowest BCUT2D eigenvalue weighted by molar-refractivity contribution is -0.138. The lowest BCUT2D eigenvalue weighted by Crippen LogP contribution is -2.40. The van der Waals surface area contributed by atoms with Gasteiger partial charge in [-0.25, -0.2) is 8.42 Å². The molecule has 0 saturated carbocycles. The first-order valence-electron chi connectivity index (χ1n) is 4.88. The number of sulfonamides is 1. The van der Waals surface area contributed by atoms with Crippen LogP contribution in [0.2, 0.25) is 0 Å². The smallest absolute Gasteiger partial charge is 0.322 e. The van der Waals surface area contributed by atoms with Gasteiger partial charge in [0, 0.05) is 0 Å². The summed E-state index contributed by atoms with van der Waals surface area (Å²) < 4.78 is 25.7. The van der Waals surface area contributed by atoms with Crippen LogP contribution in [-0.2, 0) is 14.8 Å². The van der Waals surface area contributed by atoms with Crippen molar-refractivity contribution in [2.75, 3.05) is 0 Å². The molecule has 5 nitrogen and oxygen atoms in total. The molecule has 0 saturated heterocycles. The summed E-state index contributed by atoms with van der Waals surface area (Å²) in [5.74, 6) is -1.23. The minimum absolute atomic E-state index is 0.0292. The summed E-state index contributed by atoms with van der Waals surface area (Å²) in [6.45, 7) is 3.39. The van der Waals surface area contributed by atoms with Crippen LogP contribution in [0.1, 0.15) is 6.42 Å². The Morgan fingerprint density at radius 1 is 1.41 bits per heavy atom. The average Bonchev–Trinajstić information content (AvgIpc) is 2.29. The number of hydrogen-bond donors (Lipinski definition) is 2. The van der Waals surface area contributed by atoms with Gasteiger partial charge >= 0.3 is 5.97 Å². The summed E-state index contributed by atoms with van der Waals surface area (Å²) in [5, 5.41) is 8.84. The number of aliphatic carboxylic acids is 1. The van der Waals surface area contributed by atoms with Crippen molar-refractivity contribution in [3.8, 4) is 0 Å². The van der Waals surface area contributed by atoms with Crippen molar-refractivity contribution in [2.24, 2.45) is 0 Å². The first-order chi connectivity index (χ1) is 7.97. The topological polar surface area (TPSA) is 83.5 Å². The third-order valence-electron chi connectivity index (χ3n) is 2.05. The van der Waals surface area contributed by atoms with Crippen molar-refractivity contribution in [2.45, 2.75) is 17.4 Å². The molecule has 0 radical (unpaired) electrons. The standard InChI is InChI=1S/C11H13NO4S/c1-2-6-10(11(13)14)12-17(15,16)9-7-4-3-5-8-9/h2-5,7-8,10,12H,1,6H2,(H,13,14). The number of nitrogens with one attached hydrogen (secondary N) is 1. The fourth-order valence-electron chi connectivity index (χ4n) is 1.22. The average molecular weight is 255 g/mol. The van der Waals surface area contributed by atoms with Crippen LogP contribution in [0.4, 0.5) is 0 Å². The van der Waals surface area contributed by atoms with Gasteiger partial charge in [-0.05, 0) is 18.6 Å². The quantitative estimate of drug-likeness (QED) is 0.743. The zero-order chi connectivity index (χ0) is 12.9. The Kier molecular flexibility index (Phi) is 4.42. The van der Waals surface area contributed by atoms with Crippen molar-refractivity contribution in [1.82, 2.24) is 4.72 Å². The molecule has 0 aliphatic rings. The van der Waals surface area contributed by atoms with Crippen molar-refractivity contribution < 1.29 is 18.3 Å². The number of benzene rings is 1. The molecule has 1 aromatic rings. The molecule has 92 valence electrons. The molecule has 0 amide bonds. The lowest BCUT2D eigenvalue weighted by atomic mass is 10.2. The monoisotopic (exact) mass is 255 g/mol. The molecule has 1 aromatic carbocycles. The molecule has 1 unspecified atom stereocenters. The molecule has 1 rings (SSSR count). The van der Waals surface area contributed by atoms with Gasteiger partial charge in [0.25, 0.3) is 0 Å². The summed E-state index contributed by atoms with van der Waals surface area (Å²) in [7, 11) is -3.81. The number of carboxylic acids is 1. The molecule has 0 heterocycles. The molecule has 0 bridgehead atoms. The minimum Gasteiger partial charge on any atom is -0.480 e. The van der Waals surface area contributed by atoms with E-state index in [-0.39, 0.29) is 11.3 Å². The van der Waals surface area contributed by atoms with E-state index in [1.54, 1.807) is 18.2 Å². The minimum atomic E-state index is -3.81. The molecule has 2 N–H and O–H groups in total. The Morgan fingerprint density at radius 3 is 2.47 bits per heavy atom. The van der Waals surface area contributed by atoms with Crippen molar-refractivity contribution in [1.29, 1.82) is 0 Å². The van der Waals surface area contributed by atoms with Crippen LogP contribution in [0.5, 0.6) is 0 Å². The maximum absolute atomic E-state index is 11.8. The normalized spacial score (nSPS) is 12.9. The SMILES string of the molecule is C=CCC(NS(=O)(=O)c1ccccc1)C(=O)O. The van der Waals surface area contributed by atoms with E-state index in [9.17, 15) is 13.2 Å². The van der Waals surface area contributed by atoms with E-state index < -0.39 is 22.0 Å². The highest BCUT2D eigenvalue weighted by Crippen LogP contribution is 2.09. The summed E-state index contributed by atoms with van der Waals surface area (Å²) in [4.78, 5) is 10.9. The molecule has 0 aromatic heterocycles. The van der Waals surface area contributed by atoms with Gasteiger partial charge in [0.15, 0.2) is 0 Å². The maximum atomic E-state index is 11.8. The highest BCUT2D eigenvalue weighted by atomic mass is 32.2. The van der Waals surface area contributed by atoms with Crippen molar-refractivity contribution >= 4 is 16.0 Å². The van der Waals surface area contributed by atoms with E-state index in [2.05, 4.69) is 11.3 Å². The molecule has 0 spiro atoms. The van der Waals surface area contributed by atoms with Gasteiger partial charge in [-0.15, -0.1) is 6.58 Å². The number of carboxylic acid groups (broad SMARTS) is 1. The molecule has 0 aliphatic heterocycles. The zero-order valence-corrected chi connectivity index (χ0v) is 9.85. The fourth-order valence-corrected chi connectivity index (χ4v) is 2.44. The highest BCUT2D eigenvalue weighted by Gasteiger charge is 2.23. The van der Waals surface area contributed by atoms with Gasteiger partial charge in [-0.3, -0.25) is 4.79 Å². The van der Waals surface area contributed by atoms with E-state index >= 15 is 0 Å². The Bertz CT molecular complexity index is 495. The second-order valence-electron chi connectivity index (χ2n) is 3.35. The Labute approximate surface area is 99.8 Å². The number of hydrogen-bond acceptors (Lipinski definition) is 3. The second kappa shape index (κ2) is 5.60. The number of carbonyl (C=O) groups is 1. The van der Waals surface area contributed by atoms with Crippen molar-refractivity contribution in [3.05, 3.63) is 43.0 Å². The van der Waals surface area contributed by atoms with Gasteiger partial charge in [-0.1, -0.05) is 24.3 Å². The van der Waals surface area contributed by atoms with Crippen LogP contribution in [0.15, 0.2) is 47.9 Å². The van der Waals surface area contributed by atoms with Crippen LogP contribution >= 0.6 is 0 Å². The van der Waals surface area contributed by atoms with Crippen LogP contribution in [0.25, 0.3) is 0 Å². The predicted molar refractivity (Wildman–Crippen MR) is 63.0 cm³/mol. The van der Waals surface area contributed by atoms with E-state index in [1.807, 2.05) is 0 Å². The first-order valence-corrected chi connectivity index (χ1v) is 6.37.